The van der Waals surface area contributed by atoms with Crippen molar-refractivity contribution in [3.8, 4) is 0 Å². The van der Waals surface area contributed by atoms with Gasteiger partial charge in [0.25, 0.3) is 0 Å². The number of rotatable bonds is 5. The molecule has 0 spiro atoms. The maximum absolute atomic E-state index is 8.66. The summed E-state index contributed by atoms with van der Waals surface area (Å²) in [6.07, 6.45) is 2.02. The Morgan fingerprint density at radius 2 is 2.50 bits per heavy atom. The van der Waals surface area contributed by atoms with Crippen LogP contribution in [0.15, 0.2) is 0 Å². The van der Waals surface area contributed by atoms with E-state index in [9.17, 15) is 0 Å². The van der Waals surface area contributed by atoms with Crippen LogP contribution in [0.1, 0.15) is 19.8 Å². The van der Waals surface area contributed by atoms with Gasteiger partial charge in [-0.15, -0.1) is 0 Å². The third kappa shape index (κ3) is 3.52. The first-order valence-corrected chi connectivity index (χ1v) is 4.75. The number of nitrogens with one attached hydrogen (secondary N) is 1. The second kappa shape index (κ2) is 5.51. The molecule has 0 saturated carbocycles. The smallest absolute Gasteiger partial charge is 0.0507 e. The largest absolute Gasteiger partial charge is 0.396 e. The number of hydrogen-bond acceptors (Lipinski definition) is 3. The summed E-state index contributed by atoms with van der Waals surface area (Å²) in [5, 5.41) is 12.0. The maximum atomic E-state index is 8.66. The van der Waals surface area contributed by atoms with Crippen LogP contribution in [-0.2, 0) is 4.74 Å². The summed E-state index contributed by atoms with van der Waals surface area (Å²) in [5.41, 5.74) is 0. The summed E-state index contributed by atoms with van der Waals surface area (Å²) in [6.45, 7) is 5.22. The molecule has 1 aliphatic rings. The van der Waals surface area contributed by atoms with Gasteiger partial charge in [0.2, 0.25) is 0 Å². The van der Waals surface area contributed by atoms with Crippen LogP contribution in [0.4, 0.5) is 0 Å². The molecule has 1 fully saturated rings. The molecule has 0 aromatic heterocycles. The van der Waals surface area contributed by atoms with E-state index in [1.54, 1.807) is 0 Å². The molecule has 0 aliphatic carbocycles. The lowest BCUT2D eigenvalue weighted by Gasteiger charge is -2.14. The van der Waals surface area contributed by atoms with Crippen LogP contribution in [0.3, 0.4) is 0 Å². The molecule has 3 nitrogen and oxygen atoms in total. The first kappa shape index (κ1) is 9.96. The van der Waals surface area contributed by atoms with Gasteiger partial charge in [-0.3, -0.25) is 0 Å². The topological polar surface area (TPSA) is 41.5 Å². The summed E-state index contributed by atoms with van der Waals surface area (Å²) in [7, 11) is 0. The van der Waals surface area contributed by atoms with E-state index >= 15 is 0 Å². The van der Waals surface area contributed by atoms with Crippen molar-refractivity contribution in [2.75, 3.05) is 26.4 Å². The Kier molecular flexibility index (Phi) is 4.58. The number of ether oxygens (including phenoxy) is 1. The minimum atomic E-state index is 0.273. The summed E-state index contributed by atoms with van der Waals surface area (Å²) >= 11 is 0. The highest BCUT2D eigenvalue weighted by atomic mass is 16.5. The van der Waals surface area contributed by atoms with Gasteiger partial charge in [0, 0.05) is 25.8 Å². The molecule has 0 aromatic carbocycles. The van der Waals surface area contributed by atoms with Gasteiger partial charge in [-0.2, -0.15) is 0 Å². The Morgan fingerprint density at radius 3 is 3.08 bits per heavy atom. The van der Waals surface area contributed by atoms with Gasteiger partial charge in [0.1, 0.15) is 0 Å². The summed E-state index contributed by atoms with van der Waals surface area (Å²) in [4.78, 5) is 0. The van der Waals surface area contributed by atoms with Gasteiger partial charge in [-0.25, -0.2) is 0 Å². The highest BCUT2D eigenvalue weighted by Gasteiger charge is 2.15. The van der Waals surface area contributed by atoms with E-state index in [4.69, 9.17) is 9.84 Å². The Labute approximate surface area is 74.1 Å². The van der Waals surface area contributed by atoms with Crippen LogP contribution in [0.5, 0.6) is 0 Å². The van der Waals surface area contributed by atoms with Crippen molar-refractivity contribution in [2.45, 2.75) is 25.8 Å². The normalized spacial score (nSPS) is 26.0. The highest BCUT2D eigenvalue weighted by molar-refractivity contribution is 4.69. The Morgan fingerprint density at radius 1 is 1.67 bits per heavy atom. The van der Waals surface area contributed by atoms with Crippen LogP contribution in [0.2, 0.25) is 0 Å². The van der Waals surface area contributed by atoms with E-state index in [1.807, 2.05) is 0 Å². The van der Waals surface area contributed by atoms with Gasteiger partial charge in [-0.05, 0) is 25.7 Å². The fourth-order valence-electron chi connectivity index (χ4n) is 1.41. The van der Waals surface area contributed by atoms with Crippen molar-refractivity contribution in [1.29, 1.82) is 0 Å². The van der Waals surface area contributed by atoms with Crippen LogP contribution < -0.4 is 5.32 Å². The molecule has 0 radical (unpaired) electrons. The lowest BCUT2D eigenvalue weighted by Crippen LogP contribution is -2.32. The third-order valence-corrected chi connectivity index (χ3v) is 2.34. The standard InChI is InChI=1S/C9H19NO2/c1-8(2-4-11)10-6-9-3-5-12-7-9/h8-11H,2-7H2,1H3. The van der Waals surface area contributed by atoms with E-state index in [-0.39, 0.29) is 6.61 Å². The SMILES string of the molecule is CC(CCO)NCC1CCOC1. The predicted octanol–water partition coefficient (Wildman–Crippen LogP) is 0.383. The first-order valence-electron chi connectivity index (χ1n) is 4.75. The molecule has 12 heavy (non-hydrogen) atoms. The van der Waals surface area contributed by atoms with Crippen molar-refractivity contribution in [3.63, 3.8) is 0 Å². The van der Waals surface area contributed by atoms with Gasteiger partial charge >= 0.3 is 0 Å². The lowest BCUT2D eigenvalue weighted by atomic mass is 10.1. The minimum absolute atomic E-state index is 0.273. The molecule has 72 valence electrons. The van der Waals surface area contributed by atoms with Crippen molar-refractivity contribution >= 4 is 0 Å². The Balaban J connectivity index is 1.99. The first-order chi connectivity index (χ1) is 5.83. The monoisotopic (exact) mass is 173 g/mol. The number of aliphatic hydroxyl groups is 1. The maximum Gasteiger partial charge on any atom is 0.0507 e. The second-order valence-electron chi connectivity index (χ2n) is 3.55. The van der Waals surface area contributed by atoms with Gasteiger partial charge in [-0.1, -0.05) is 0 Å². The molecule has 0 amide bonds. The lowest BCUT2D eigenvalue weighted by molar-refractivity contribution is 0.184. The van der Waals surface area contributed by atoms with Gasteiger partial charge in [0.05, 0.1) is 6.61 Å². The van der Waals surface area contributed by atoms with Crippen molar-refractivity contribution < 1.29 is 9.84 Å². The van der Waals surface area contributed by atoms with Crippen LogP contribution in [0.25, 0.3) is 0 Å². The molecule has 2 unspecified atom stereocenters. The van der Waals surface area contributed by atoms with Crippen LogP contribution in [0, 0.1) is 5.92 Å². The van der Waals surface area contributed by atoms with Crippen molar-refractivity contribution in [1.82, 2.24) is 5.32 Å². The molecule has 2 N–H and O–H groups in total. The van der Waals surface area contributed by atoms with Gasteiger partial charge < -0.3 is 15.2 Å². The van der Waals surface area contributed by atoms with E-state index in [0.29, 0.717) is 12.0 Å². The fourth-order valence-corrected chi connectivity index (χ4v) is 1.41. The zero-order chi connectivity index (χ0) is 8.81. The molecular formula is C9H19NO2. The zero-order valence-electron chi connectivity index (χ0n) is 7.75. The zero-order valence-corrected chi connectivity index (χ0v) is 7.75. The molecule has 2 atom stereocenters. The van der Waals surface area contributed by atoms with Crippen molar-refractivity contribution in [3.05, 3.63) is 0 Å². The molecule has 0 aromatic rings. The van der Waals surface area contributed by atoms with Crippen LogP contribution >= 0.6 is 0 Å². The molecular weight excluding hydrogens is 154 g/mol. The highest BCUT2D eigenvalue weighted by Crippen LogP contribution is 2.10. The summed E-state index contributed by atoms with van der Waals surface area (Å²) < 4.78 is 5.26. The molecule has 1 aliphatic heterocycles. The van der Waals surface area contributed by atoms with E-state index in [0.717, 1.165) is 26.2 Å². The molecule has 0 bridgehead atoms. The number of aliphatic hydroxyl groups excluding tert-OH is 1. The van der Waals surface area contributed by atoms with E-state index in [2.05, 4.69) is 12.2 Å². The quantitative estimate of drug-likeness (QED) is 0.631. The molecule has 1 rings (SSSR count). The van der Waals surface area contributed by atoms with E-state index < -0.39 is 0 Å². The third-order valence-electron chi connectivity index (χ3n) is 2.34. The average Bonchev–Trinajstić information content (AvgIpc) is 2.53. The minimum Gasteiger partial charge on any atom is -0.396 e. The predicted molar refractivity (Wildman–Crippen MR) is 48.1 cm³/mol. The van der Waals surface area contributed by atoms with Crippen LogP contribution in [-0.4, -0.2) is 37.5 Å². The van der Waals surface area contributed by atoms with Crippen molar-refractivity contribution in [2.24, 2.45) is 5.92 Å². The average molecular weight is 173 g/mol. The number of hydrogen-bond donors (Lipinski definition) is 2. The summed E-state index contributed by atoms with van der Waals surface area (Å²) in [6, 6.07) is 0.426. The Hall–Kier alpha value is -0.120. The molecule has 1 heterocycles. The van der Waals surface area contributed by atoms with E-state index in [1.165, 1.54) is 6.42 Å². The molecule has 1 saturated heterocycles. The second-order valence-corrected chi connectivity index (χ2v) is 3.55. The summed E-state index contributed by atoms with van der Waals surface area (Å²) in [5.74, 6) is 0.686. The fraction of sp³-hybridized carbons (Fsp3) is 1.00. The Bertz CT molecular complexity index is 113. The molecule has 3 heteroatoms. The van der Waals surface area contributed by atoms with Gasteiger partial charge in [0.15, 0.2) is 0 Å².